The molecule has 0 fully saturated rings. The first kappa shape index (κ1) is 16.9. The van der Waals surface area contributed by atoms with Crippen LogP contribution < -0.4 is 5.32 Å². The van der Waals surface area contributed by atoms with Gasteiger partial charge in [0.05, 0.1) is 11.1 Å². The lowest BCUT2D eigenvalue weighted by molar-refractivity contribution is 0.102. The van der Waals surface area contributed by atoms with E-state index in [9.17, 15) is 4.79 Å². The van der Waals surface area contributed by atoms with E-state index in [1.165, 1.54) is 0 Å². The number of nitrogens with zero attached hydrogens (tertiary/aromatic N) is 2. The molecule has 0 atom stereocenters. The van der Waals surface area contributed by atoms with Crippen LogP contribution in [-0.2, 0) is 0 Å². The highest BCUT2D eigenvalue weighted by Gasteiger charge is 2.19. The molecule has 0 unspecified atom stereocenters. The van der Waals surface area contributed by atoms with Gasteiger partial charge in [-0.25, -0.2) is 0 Å². The lowest BCUT2D eigenvalue weighted by Gasteiger charge is -2.13. The van der Waals surface area contributed by atoms with Crippen molar-refractivity contribution in [3.63, 3.8) is 0 Å². The topological polar surface area (TPSA) is 54.9 Å². The molecule has 27 heavy (non-hydrogen) atoms. The fourth-order valence-electron chi connectivity index (χ4n) is 3.32. The Hall–Kier alpha value is -3.53. The fraction of sp³-hybridized carbons (Fsp3) is 0.0870. The molecule has 4 heteroatoms. The number of rotatable bonds is 3. The summed E-state index contributed by atoms with van der Waals surface area (Å²) >= 11 is 0. The minimum atomic E-state index is -0.190. The van der Waals surface area contributed by atoms with E-state index in [0.717, 1.165) is 27.8 Å². The first-order valence-corrected chi connectivity index (χ1v) is 8.82. The Morgan fingerprint density at radius 2 is 1.48 bits per heavy atom. The van der Waals surface area contributed by atoms with Crippen molar-refractivity contribution in [2.45, 2.75) is 13.8 Å². The zero-order valence-electron chi connectivity index (χ0n) is 15.2. The second-order valence-corrected chi connectivity index (χ2v) is 6.64. The number of anilines is 1. The van der Waals surface area contributed by atoms with Crippen molar-refractivity contribution in [2.24, 2.45) is 0 Å². The predicted octanol–water partition coefficient (Wildman–Crippen LogP) is 5.17. The van der Waals surface area contributed by atoms with Crippen molar-refractivity contribution in [2.75, 3.05) is 5.32 Å². The van der Waals surface area contributed by atoms with Gasteiger partial charge in [0.25, 0.3) is 5.91 Å². The van der Waals surface area contributed by atoms with Crippen LogP contribution in [-0.4, -0.2) is 16.1 Å². The molecule has 3 aromatic carbocycles. The molecule has 0 saturated carbocycles. The molecule has 132 valence electrons. The van der Waals surface area contributed by atoms with Crippen LogP contribution in [0.1, 0.15) is 21.5 Å². The summed E-state index contributed by atoms with van der Waals surface area (Å²) in [7, 11) is 0. The van der Waals surface area contributed by atoms with Crippen molar-refractivity contribution in [1.29, 1.82) is 0 Å². The maximum Gasteiger partial charge on any atom is 0.258 e. The zero-order valence-corrected chi connectivity index (χ0v) is 15.2. The Bertz CT molecular complexity index is 1120. The van der Waals surface area contributed by atoms with Gasteiger partial charge in [-0.1, -0.05) is 54.6 Å². The number of carbonyl (C=O) groups is 1. The van der Waals surface area contributed by atoms with Crippen LogP contribution in [0.3, 0.4) is 0 Å². The molecule has 1 amide bonds. The monoisotopic (exact) mass is 353 g/mol. The number of aromatic nitrogens is 2. The average Bonchev–Trinajstić information content (AvgIpc) is 2.67. The van der Waals surface area contributed by atoms with Gasteiger partial charge in [0, 0.05) is 16.6 Å². The minimum Gasteiger partial charge on any atom is -0.322 e. The van der Waals surface area contributed by atoms with Gasteiger partial charge in [-0.2, -0.15) is 0 Å². The van der Waals surface area contributed by atoms with Gasteiger partial charge in [-0.05, 0) is 43.2 Å². The molecule has 1 heterocycles. The van der Waals surface area contributed by atoms with Gasteiger partial charge < -0.3 is 5.32 Å². The Morgan fingerprint density at radius 1 is 0.815 bits per heavy atom. The molecule has 1 N–H and O–H groups in total. The summed E-state index contributed by atoms with van der Waals surface area (Å²) < 4.78 is 0. The maximum atomic E-state index is 13.3. The number of nitrogens with one attached hydrogen (secondary N) is 1. The highest BCUT2D eigenvalue weighted by molar-refractivity contribution is 6.15. The van der Waals surface area contributed by atoms with Crippen molar-refractivity contribution in [3.05, 3.63) is 89.5 Å². The van der Waals surface area contributed by atoms with Crippen LogP contribution >= 0.6 is 0 Å². The summed E-state index contributed by atoms with van der Waals surface area (Å²) in [5.74, 6) is -0.190. The fourth-order valence-corrected chi connectivity index (χ4v) is 3.32. The van der Waals surface area contributed by atoms with Crippen molar-refractivity contribution >= 4 is 22.5 Å². The molecular weight excluding hydrogens is 334 g/mol. The second-order valence-electron chi connectivity index (χ2n) is 6.64. The minimum absolute atomic E-state index is 0.190. The third-order valence-electron chi connectivity index (χ3n) is 4.42. The number of aryl methyl sites for hydroxylation is 2. The lowest BCUT2D eigenvalue weighted by Crippen LogP contribution is -2.15. The molecule has 0 bridgehead atoms. The van der Waals surface area contributed by atoms with Crippen LogP contribution in [0.2, 0.25) is 0 Å². The van der Waals surface area contributed by atoms with Gasteiger partial charge in [0.1, 0.15) is 5.69 Å². The van der Waals surface area contributed by atoms with E-state index >= 15 is 0 Å². The smallest absolute Gasteiger partial charge is 0.258 e. The molecule has 4 aromatic rings. The summed E-state index contributed by atoms with van der Waals surface area (Å²) in [6.45, 7) is 4.03. The van der Waals surface area contributed by atoms with E-state index in [1.807, 2.05) is 80.6 Å². The predicted molar refractivity (Wildman–Crippen MR) is 109 cm³/mol. The first-order chi connectivity index (χ1) is 13.1. The summed E-state index contributed by atoms with van der Waals surface area (Å²) in [4.78, 5) is 13.3. The summed E-state index contributed by atoms with van der Waals surface area (Å²) in [6.07, 6.45) is 0. The molecule has 1 aromatic heterocycles. The highest BCUT2D eigenvalue weighted by atomic mass is 16.1. The quantitative estimate of drug-likeness (QED) is 0.553. The highest BCUT2D eigenvalue weighted by Crippen LogP contribution is 2.28. The second kappa shape index (κ2) is 7.00. The van der Waals surface area contributed by atoms with Crippen LogP contribution in [0.5, 0.6) is 0 Å². The van der Waals surface area contributed by atoms with Gasteiger partial charge in [0.2, 0.25) is 0 Å². The summed E-state index contributed by atoms with van der Waals surface area (Å²) in [5.41, 5.74) is 5.65. The normalized spacial score (nSPS) is 10.7. The van der Waals surface area contributed by atoms with Crippen molar-refractivity contribution in [3.8, 4) is 11.3 Å². The van der Waals surface area contributed by atoms with Gasteiger partial charge in [-0.15, -0.1) is 10.2 Å². The van der Waals surface area contributed by atoms with E-state index in [0.29, 0.717) is 16.8 Å². The molecule has 0 aliphatic rings. The molecule has 0 spiro atoms. The van der Waals surface area contributed by atoms with E-state index in [4.69, 9.17) is 0 Å². The first-order valence-electron chi connectivity index (χ1n) is 8.82. The number of hydrogen-bond donors (Lipinski definition) is 1. The number of hydrogen-bond acceptors (Lipinski definition) is 3. The van der Waals surface area contributed by atoms with E-state index in [2.05, 4.69) is 21.6 Å². The molecule has 0 aliphatic carbocycles. The van der Waals surface area contributed by atoms with Gasteiger partial charge in [-0.3, -0.25) is 4.79 Å². The molecule has 0 aliphatic heterocycles. The van der Waals surface area contributed by atoms with Crippen LogP contribution in [0, 0.1) is 13.8 Å². The van der Waals surface area contributed by atoms with E-state index in [1.54, 1.807) is 0 Å². The summed E-state index contributed by atoms with van der Waals surface area (Å²) in [6, 6.07) is 23.2. The Morgan fingerprint density at radius 3 is 2.22 bits per heavy atom. The molecule has 4 rings (SSSR count). The number of benzene rings is 3. The average molecular weight is 353 g/mol. The SMILES string of the molecule is Cc1cc(C)cc(NC(=O)c2c(-c3ccccc3)nnc3ccccc23)c1. The summed E-state index contributed by atoms with van der Waals surface area (Å²) in [5, 5.41) is 12.5. The Labute approximate surface area is 157 Å². The van der Waals surface area contributed by atoms with Gasteiger partial charge in [0.15, 0.2) is 0 Å². The molecule has 0 saturated heterocycles. The van der Waals surface area contributed by atoms with Crippen LogP contribution in [0.25, 0.3) is 22.2 Å². The van der Waals surface area contributed by atoms with Crippen molar-refractivity contribution in [1.82, 2.24) is 10.2 Å². The lowest BCUT2D eigenvalue weighted by atomic mass is 10.0. The largest absolute Gasteiger partial charge is 0.322 e. The number of fused-ring (bicyclic) bond motifs is 1. The third kappa shape index (κ3) is 3.42. The Balaban J connectivity index is 1.86. The Kier molecular flexibility index (Phi) is 4.38. The van der Waals surface area contributed by atoms with E-state index < -0.39 is 0 Å². The molecule has 0 radical (unpaired) electrons. The van der Waals surface area contributed by atoms with Crippen LogP contribution in [0.4, 0.5) is 5.69 Å². The zero-order chi connectivity index (χ0) is 18.8. The standard InChI is InChI=1S/C23H19N3O/c1-15-12-16(2)14-18(13-15)24-23(27)21-19-10-6-7-11-20(19)25-26-22(21)17-8-4-3-5-9-17/h3-14H,1-2H3,(H,24,27). The molecule has 4 nitrogen and oxygen atoms in total. The third-order valence-corrected chi connectivity index (χ3v) is 4.42. The number of carbonyl (C=O) groups excluding carboxylic acids is 1. The van der Waals surface area contributed by atoms with Gasteiger partial charge >= 0.3 is 0 Å². The van der Waals surface area contributed by atoms with Crippen LogP contribution in [0.15, 0.2) is 72.8 Å². The van der Waals surface area contributed by atoms with Crippen molar-refractivity contribution < 1.29 is 4.79 Å². The number of amides is 1. The maximum absolute atomic E-state index is 13.3. The molecular formula is C23H19N3O. The van der Waals surface area contributed by atoms with E-state index in [-0.39, 0.29) is 5.91 Å².